The number of hydrogen-bond acceptors (Lipinski definition) is 3. The molecular weight excluding hydrogens is 240 g/mol. The third-order valence-corrected chi connectivity index (χ3v) is 3.14. The van der Waals surface area contributed by atoms with Gasteiger partial charge in [0, 0.05) is 11.4 Å². The van der Waals surface area contributed by atoms with Gasteiger partial charge in [-0.25, -0.2) is 0 Å². The van der Waals surface area contributed by atoms with E-state index in [4.69, 9.17) is 25.8 Å². The molecule has 0 aromatic heterocycles. The highest BCUT2D eigenvalue weighted by atomic mass is 35.5. The lowest BCUT2D eigenvalue weighted by atomic mass is 10.00. The molecule has 0 bridgehead atoms. The molecule has 0 amide bonds. The summed E-state index contributed by atoms with van der Waals surface area (Å²) in [7, 11) is 1.64. The van der Waals surface area contributed by atoms with E-state index >= 15 is 0 Å². The van der Waals surface area contributed by atoms with Crippen LogP contribution in [0.3, 0.4) is 0 Å². The Bertz CT molecular complexity index is 386. The van der Waals surface area contributed by atoms with Crippen molar-refractivity contribution in [1.82, 2.24) is 0 Å². The summed E-state index contributed by atoms with van der Waals surface area (Å²) in [5.41, 5.74) is 0.881. The molecule has 1 fully saturated rings. The molecule has 17 heavy (non-hydrogen) atoms. The third kappa shape index (κ3) is 2.41. The second-order valence-electron chi connectivity index (χ2n) is 4.04. The molecule has 0 N–H and O–H groups in total. The van der Waals surface area contributed by atoms with Crippen molar-refractivity contribution < 1.29 is 14.2 Å². The lowest BCUT2D eigenvalue weighted by Crippen LogP contribution is -2.27. The predicted octanol–water partition coefficient (Wildman–Crippen LogP) is 3.35. The highest BCUT2D eigenvalue weighted by molar-refractivity contribution is 6.30. The van der Waals surface area contributed by atoms with Crippen molar-refractivity contribution in [3.05, 3.63) is 28.8 Å². The molecule has 3 nitrogen and oxygen atoms in total. The van der Waals surface area contributed by atoms with Gasteiger partial charge in [0.1, 0.15) is 5.75 Å². The molecule has 1 saturated heterocycles. The fourth-order valence-electron chi connectivity index (χ4n) is 2.20. The quantitative estimate of drug-likeness (QED) is 0.827. The van der Waals surface area contributed by atoms with Gasteiger partial charge in [-0.1, -0.05) is 24.9 Å². The van der Waals surface area contributed by atoms with Crippen LogP contribution in [0.2, 0.25) is 5.02 Å². The van der Waals surface area contributed by atoms with E-state index in [-0.39, 0.29) is 0 Å². The van der Waals surface area contributed by atoms with Gasteiger partial charge in [-0.15, -0.1) is 0 Å². The van der Waals surface area contributed by atoms with Gasteiger partial charge in [0.05, 0.1) is 25.9 Å². The fraction of sp³-hybridized carbons (Fsp3) is 0.538. The maximum atomic E-state index is 6.05. The number of halogens is 1. The largest absolute Gasteiger partial charge is 0.496 e. The maximum Gasteiger partial charge on any atom is 0.198 e. The first-order chi connectivity index (χ1) is 8.22. The van der Waals surface area contributed by atoms with Gasteiger partial charge >= 0.3 is 0 Å². The minimum absolute atomic E-state index is 0.607. The zero-order valence-corrected chi connectivity index (χ0v) is 10.9. The first-order valence-electron chi connectivity index (χ1n) is 5.84. The number of benzene rings is 1. The van der Waals surface area contributed by atoms with Crippen LogP contribution >= 0.6 is 11.6 Å². The molecule has 1 aliphatic rings. The van der Waals surface area contributed by atoms with Crippen LogP contribution in [0.15, 0.2) is 18.2 Å². The van der Waals surface area contributed by atoms with E-state index in [2.05, 4.69) is 6.92 Å². The van der Waals surface area contributed by atoms with Gasteiger partial charge in [0.15, 0.2) is 5.79 Å². The Kier molecular flexibility index (Phi) is 3.92. The van der Waals surface area contributed by atoms with Gasteiger partial charge < -0.3 is 14.2 Å². The van der Waals surface area contributed by atoms with Crippen molar-refractivity contribution in [3.8, 4) is 5.75 Å². The summed E-state index contributed by atoms with van der Waals surface area (Å²) >= 11 is 6.05. The smallest absolute Gasteiger partial charge is 0.198 e. The molecule has 0 unspecified atom stereocenters. The Morgan fingerprint density at radius 2 is 2.06 bits per heavy atom. The molecule has 1 aromatic carbocycles. The molecule has 0 radical (unpaired) electrons. The van der Waals surface area contributed by atoms with Crippen molar-refractivity contribution in [2.24, 2.45) is 0 Å². The molecule has 0 aliphatic carbocycles. The van der Waals surface area contributed by atoms with Crippen molar-refractivity contribution >= 4 is 11.6 Å². The molecule has 4 heteroatoms. The summed E-state index contributed by atoms with van der Waals surface area (Å²) in [6.45, 7) is 3.31. The Morgan fingerprint density at radius 3 is 2.65 bits per heavy atom. The first-order valence-corrected chi connectivity index (χ1v) is 6.21. The van der Waals surface area contributed by atoms with Crippen molar-refractivity contribution in [2.75, 3.05) is 20.3 Å². The second-order valence-corrected chi connectivity index (χ2v) is 4.48. The summed E-state index contributed by atoms with van der Waals surface area (Å²) in [5.74, 6) is 0.0649. The van der Waals surface area contributed by atoms with E-state index in [0.717, 1.165) is 24.2 Å². The molecule has 1 aliphatic heterocycles. The lowest BCUT2D eigenvalue weighted by Gasteiger charge is -2.29. The van der Waals surface area contributed by atoms with Crippen molar-refractivity contribution in [1.29, 1.82) is 0 Å². The van der Waals surface area contributed by atoms with Crippen LogP contribution in [0.1, 0.15) is 25.3 Å². The Hall–Kier alpha value is -0.770. The van der Waals surface area contributed by atoms with Crippen LogP contribution in [0.5, 0.6) is 5.75 Å². The molecule has 94 valence electrons. The van der Waals surface area contributed by atoms with Gasteiger partial charge in [-0.3, -0.25) is 0 Å². The van der Waals surface area contributed by atoms with E-state index in [0.29, 0.717) is 18.2 Å². The second kappa shape index (κ2) is 5.25. The summed E-state index contributed by atoms with van der Waals surface area (Å²) in [6.07, 6.45) is 1.76. The topological polar surface area (TPSA) is 27.7 Å². The van der Waals surface area contributed by atoms with E-state index in [1.54, 1.807) is 13.2 Å². The maximum absolute atomic E-state index is 6.05. The Balaban J connectivity index is 2.44. The van der Waals surface area contributed by atoms with Gasteiger partial charge in [-0.05, 0) is 18.2 Å². The monoisotopic (exact) mass is 256 g/mol. The van der Waals surface area contributed by atoms with E-state index in [1.165, 1.54) is 0 Å². The lowest BCUT2D eigenvalue weighted by molar-refractivity contribution is -0.171. The number of hydrogen-bond donors (Lipinski definition) is 0. The number of ether oxygens (including phenoxy) is 3. The van der Waals surface area contributed by atoms with Crippen LogP contribution in [0, 0.1) is 0 Å². The van der Waals surface area contributed by atoms with Gasteiger partial charge in [-0.2, -0.15) is 0 Å². The van der Waals surface area contributed by atoms with Crippen molar-refractivity contribution in [2.45, 2.75) is 25.6 Å². The third-order valence-electron chi connectivity index (χ3n) is 2.90. The van der Waals surface area contributed by atoms with Gasteiger partial charge in [0.2, 0.25) is 0 Å². The molecule has 1 heterocycles. The van der Waals surface area contributed by atoms with Crippen LogP contribution in [0.25, 0.3) is 0 Å². The average Bonchev–Trinajstić information content (AvgIpc) is 2.79. The zero-order chi connectivity index (χ0) is 12.3. The van der Waals surface area contributed by atoms with E-state index in [9.17, 15) is 0 Å². The number of methoxy groups -OCH3 is 1. The zero-order valence-electron chi connectivity index (χ0n) is 10.2. The normalized spacial score (nSPS) is 18.3. The van der Waals surface area contributed by atoms with E-state index < -0.39 is 5.79 Å². The van der Waals surface area contributed by atoms with Gasteiger partial charge in [0.25, 0.3) is 0 Å². The van der Waals surface area contributed by atoms with Crippen LogP contribution in [0.4, 0.5) is 0 Å². The molecule has 0 atom stereocenters. The minimum atomic E-state index is -0.689. The standard InChI is InChI=1S/C13H17ClO3/c1-3-6-13(16-7-8-17-13)11-9-10(14)4-5-12(11)15-2/h4-5,9H,3,6-8H2,1-2H3. The molecule has 1 aromatic rings. The highest BCUT2D eigenvalue weighted by Crippen LogP contribution is 2.41. The fourth-order valence-corrected chi connectivity index (χ4v) is 2.37. The average molecular weight is 257 g/mol. The summed E-state index contributed by atoms with van der Waals surface area (Å²) in [4.78, 5) is 0. The molecule has 2 rings (SSSR count). The van der Waals surface area contributed by atoms with E-state index in [1.807, 2.05) is 12.1 Å². The number of rotatable bonds is 4. The van der Waals surface area contributed by atoms with Crippen molar-refractivity contribution in [3.63, 3.8) is 0 Å². The summed E-state index contributed by atoms with van der Waals surface area (Å²) in [5, 5.41) is 0.662. The first kappa shape index (κ1) is 12.7. The van der Waals surface area contributed by atoms with Crippen LogP contribution in [-0.2, 0) is 15.3 Å². The van der Waals surface area contributed by atoms with Crippen LogP contribution in [-0.4, -0.2) is 20.3 Å². The molecule has 0 saturated carbocycles. The van der Waals surface area contributed by atoms with Crippen LogP contribution < -0.4 is 4.74 Å². The summed E-state index contributed by atoms with van der Waals surface area (Å²) in [6, 6.07) is 5.51. The molecule has 0 spiro atoms. The minimum Gasteiger partial charge on any atom is -0.496 e. The predicted molar refractivity (Wildman–Crippen MR) is 66.5 cm³/mol. The summed E-state index contributed by atoms with van der Waals surface area (Å²) < 4.78 is 17.0. The molecular formula is C13H17ClO3. The SMILES string of the molecule is CCCC1(c2cc(Cl)ccc2OC)OCCO1. The Labute approximate surface area is 107 Å². The Morgan fingerprint density at radius 1 is 1.35 bits per heavy atom. The highest BCUT2D eigenvalue weighted by Gasteiger charge is 2.40.